The monoisotopic (exact) mass is 474 g/mol. The van der Waals surface area contributed by atoms with Crippen LogP contribution in [0.5, 0.6) is 0 Å². The Morgan fingerprint density at radius 3 is 1.89 bits per heavy atom. The number of hydrazine groups is 1. The standard InChI is InChI=1S/C32H30N2O2/c35-32(29-19-11-4-12-20-29)34-24-30(28-17-9-3-10-18-28)31(33(34)23-26-13-5-1-6-14-26)21-22-36-25-27-15-7-2-8-16-27/h1-20,24,31H,21-23,25H2/t31-/m1/s1. The smallest absolute Gasteiger partial charge is 0.272 e. The zero-order chi connectivity index (χ0) is 24.6. The lowest BCUT2D eigenvalue weighted by Gasteiger charge is -2.33. The number of hydrogen-bond acceptors (Lipinski definition) is 3. The van der Waals surface area contributed by atoms with Crippen molar-refractivity contribution in [2.24, 2.45) is 0 Å². The fraction of sp³-hybridized carbons (Fsp3) is 0.156. The third-order valence-electron chi connectivity index (χ3n) is 6.43. The summed E-state index contributed by atoms with van der Waals surface area (Å²) in [5.74, 6) is -0.0346. The highest BCUT2D eigenvalue weighted by atomic mass is 16.5. The van der Waals surface area contributed by atoms with Gasteiger partial charge in [-0.1, -0.05) is 109 Å². The van der Waals surface area contributed by atoms with Crippen LogP contribution in [0.4, 0.5) is 0 Å². The third kappa shape index (κ3) is 5.62. The maximum atomic E-state index is 13.7. The number of ether oxygens (including phenoxy) is 1. The number of benzene rings is 4. The van der Waals surface area contributed by atoms with Gasteiger partial charge in [0, 0.05) is 24.9 Å². The second kappa shape index (κ2) is 11.6. The lowest BCUT2D eigenvalue weighted by molar-refractivity contribution is 0.00151. The molecule has 1 atom stereocenters. The van der Waals surface area contributed by atoms with Gasteiger partial charge in [0.05, 0.1) is 12.6 Å². The molecule has 4 heteroatoms. The quantitative estimate of drug-likeness (QED) is 0.257. The van der Waals surface area contributed by atoms with Crippen molar-refractivity contribution >= 4 is 11.5 Å². The van der Waals surface area contributed by atoms with Crippen LogP contribution in [0.15, 0.2) is 128 Å². The van der Waals surface area contributed by atoms with E-state index in [9.17, 15) is 4.79 Å². The molecule has 0 saturated carbocycles. The van der Waals surface area contributed by atoms with Crippen LogP contribution in [0, 0.1) is 0 Å². The lowest BCUT2D eigenvalue weighted by Crippen LogP contribution is -2.44. The van der Waals surface area contributed by atoms with E-state index in [-0.39, 0.29) is 11.9 Å². The Labute approximate surface area is 213 Å². The van der Waals surface area contributed by atoms with Gasteiger partial charge in [-0.3, -0.25) is 4.79 Å². The molecule has 0 radical (unpaired) electrons. The largest absolute Gasteiger partial charge is 0.377 e. The summed E-state index contributed by atoms with van der Waals surface area (Å²) in [6, 6.07) is 40.3. The number of hydrogen-bond donors (Lipinski definition) is 0. The normalized spacial score (nSPS) is 15.6. The zero-order valence-corrected chi connectivity index (χ0v) is 20.2. The minimum absolute atomic E-state index is 0.00367. The summed E-state index contributed by atoms with van der Waals surface area (Å²) in [5, 5.41) is 3.98. The van der Waals surface area contributed by atoms with Crippen LogP contribution in [0.3, 0.4) is 0 Å². The van der Waals surface area contributed by atoms with Crippen molar-refractivity contribution in [3.63, 3.8) is 0 Å². The Hall–Kier alpha value is -3.99. The summed E-state index contributed by atoms with van der Waals surface area (Å²) in [6.45, 7) is 1.78. The first-order valence-corrected chi connectivity index (χ1v) is 12.4. The van der Waals surface area contributed by atoms with E-state index in [1.54, 1.807) is 5.01 Å². The molecule has 1 amide bonds. The van der Waals surface area contributed by atoms with Crippen LogP contribution in [-0.2, 0) is 17.9 Å². The van der Waals surface area contributed by atoms with Crippen LogP contribution in [-0.4, -0.2) is 28.6 Å². The maximum Gasteiger partial charge on any atom is 0.272 e. The Morgan fingerprint density at radius 2 is 1.25 bits per heavy atom. The van der Waals surface area contributed by atoms with Crippen molar-refractivity contribution in [2.75, 3.05) is 6.61 Å². The molecule has 1 heterocycles. The molecule has 4 aromatic carbocycles. The topological polar surface area (TPSA) is 32.8 Å². The van der Waals surface area contributed by atoms with Gasteiger partial charge in [0.15, 0.2) is 0 Å². The van der Waals surface area contributed by atoms with Crippen molar-refractivity contribution in [1.82, 2.24) is 10.0 Å². The second-order valence-corrected chi connectivity index (χ2v) is 8.89. The average Bonchev–Trinajstić information content (AvgIpc) is 3.30. The van der Waals surface area contributed by atoms with Crippen molar-refractivity contribution in [2.45, 2.75) is 25.6 Å². The van der Waals surface area contributed by atoms with Gasteiger partial charge in [-0.15, -0.1) is 0 Å². The molecule has 36 heavy (non-hydrogen) atoms. The van der Waals surface area contributed by atoms with Crippen LogP contribution < -0.4 is 0 Å². The number of carbonyl (C=O) groups excluding carboxylic acids is 1. The maximum absolute atomic E-state index is 13.7. The van der Waals surface area contributed by atoms with Gasteiger partial charge in [-0.2, -0.15) is 0 Å². The molecule has 1 aliphatic heterocycles. The molecule has 5 rings (SSSR count). The van der Waals surface area contributed by atoms with Gasteiger partial charge in [-0.05, 0) is 40.8 Å². The molecule has 0 aromatic heterocycles. The van der Waals surface area contributed by atoms with Crippen LogP contribution in [0.2, 0.25) is 0 Å². The summed E-state index contributed by atoms with van der Waals surface area (Å²) < 4.78 is 6.09. The molecule has 0 spiro atoms. The fourth-order valence-electron chi connectivity index (χ4n) is 4.61. The highest BCUT2D eigenvalue weighted by molar-refractivity contribution is 5.96. The molecule has 0 N–H and O–H groups in total. The van der Waals surface area contributed by atoms with Crippen molar-refractivity contribution < 1.29 is 9.53 Å². The van der Waals surface area contributed by atoms with Gasteiger partial charge < -0.3 is 4.74 Å². The van der Waals surface area contributed by atoms with E-state index < -0.39 is 0 Å². The Bertz CT molecular complexity index is 1280. The predicted molar refractivity (Wildman–Crippen MR) is 144 cm³/mol. The fourth-order valence-corrected chi connectivity index (χ4v) is 4.61. The molecule has 0 unspecified atom stereocenters. The van der Waals surface area contributed by atoms with Crippen molar-refractivity contribution in [1.29, 1.82) is 0 Å². The van der Waals surface area contributed by atoms with E-state index >= 15 is 0 Å². The van der Waals surface area contributed by atoms with E-state index in [4.69, 9.17) is 4.74 Å². The van der Waals surface area contributed by atoms with Gasteiger partial charge in [-0.25, -0.2) is 10.0 Å². The molecular weight excluding hydrogens is 444 g/mol. The molecule has 1 aliphatic rings. The van der Waals surface area contributed by atoms with E-state index in [1.165, 1.54) is 0 Å². The minimum atomic E-state index is -0.0346. The average molecular weight is 475 g/mol. The third-order valence-corrected chi connectivity index (χ3v) is 6.43. The molecule has 0 saturated heterocycles. The van der Waals surface area contributed by atoms with Crippen molar-refractivity contribution in [3.8, 4) is 0 Å². The summed E-state index contributed by atoms with van der Waals surface area (Å²) >= 11 is 0. The number of nitrogens with zero attached hydrogens (tertiary/aromatic N) is 2. The minimum Gasteiger partial charge on any atom is -0.377 e. The number of carbonyl (C=O) groups is 1. The van der Waals surface area contributed by atoms with Gasteiger partial charge in [0.1, 0.15) is 0 Å². The SMILES string of the molecule is O=C(c1ccccc1)N1C=C(c2ccccc2)[C@@H](CCOCc2ccccc2)N1Cc1ccccc1. The van der Waals surface area contributed by atoms with E-state index in [1.807, 2.05) is 91.1 Å². The van der Waals surface area contributed by atoms with Crippen LogP contribution >= 0.6 is 0 Å². The van der Waals surface area contributed by atoms with E-state index in [0.29, 0.717) is 25.3 Å². The Balaban J connectivity index is 1.43. The van der Waals surface area contributed by atoms with Crippen LogP contribution in [0.25, 0.3) is 5.57 Å². The van der Waals surface area contributed by atoms with Crippen LogP contribution in [0.1, 0.15) is 33.5 Å². The summed E-state index contributed by atoms with van der Waals surface area (Å²) in [7, 11) is 0. The number of rotatable bonds is 9. The van der Waals surface area contributed by atoms with Crippen molar-refractivity contribution in [3.05, 3.63) is 150 Å². The second-order valence-electron chi connectivity index (χ2n) is 8.89. The number of amides is 1. The first-order chi connectivity index (χ1) is 17.8. The highest BCUT2D eigenvalue weighted by Gasteiger charge is 2.37. The molecule has 0 aliphatic carbocycles. The molecule has 4 aromatic rings. The Morgan fingerprint density at radius 1 is 0.694 bits per heavy atom. The Kier molecular flexibility index (Phi) is 7.67. The van der Waals surface area contributed by atoms with Gasteiger partial charge in [0.25, 0.3) is 5.91 Å². The van der Waals surface area contributed by atoms with E-state index in [0.717, 1.165) is 28.7 Å². The van der Waals surface area contributed by atoms with E-state index in [2.05, 4.69) is 41.4 Å². The summed E-state index contributed by atoms with van der Waals surface area (Å²) in [4.78, 5) is 13.7. The first kappa shape index (κ1) is 23.7. The molecular formula is C32H30N2O2. The predicted octanol–water partition coefficient (Wildman–Crippen LogP) is 6.58. The molecule has 0 fully saturated rings. The lowest BCUT2D eigenvalue weighted by atomic mass is 9.97. The van der Waals surface area contributed by atoms with Gasteiger partial charge in [0.2, 0.25) is 0 Å². The zero-order valence-electron chi connectivity index (χ0n) is 20.2. The summed E-state index contributed by atoms with van der Waals surface area (Å²) in [6.07, 6.45) is 2.77. The van der Waals surface area contributed by atoms with Gasteiger partial charge >= 0.3 is 0 Å². The highest BCUT2D eigenvalue weighted by Crippen LogP contribution is 2.35. The molecule has 0 bridgehead atoms. The summed E-state index contributed by atoms with van der Waals surface area (Å²) in [5.41, 5.74) is 5.22. The molecule has 4 nitrogen and oxygen atoms in total. The molecule has 180 valence electrons. The first-order valence-electron chi connectivity index (χ1n) is 12.4.